The highest BCUT2D eigenvalue weighted by atomic mass is 19.4. The highest BCUT2D eigenvalue weighted by Gasteiger charge is 2.34. The monoisotopic (exact) mass is 338 g/mol. The molecule has 24 heavy (non-hydrogen) atoms. The first-order valence-corrected chi connectivity index (χ1v) is 7.26. The normalized spacial score (nSPS) is 18.0. The molecule has 0 aliphatic carbocycles. The molecule has 126 valence electrons. The third-order valence-electron chi connectivity index (χ3n) is 3.76. The van der Waals surface area contributed by atoms with Crippen LogP contribution in [0, 0.1) is 5.82 Å². The molecule has 0 saturated heterocycles. The van der Waals surface area contributed by atoms with Crippen LogP contribution in [0.15, 0.2) is 47.6 Å². The third kappa shape index (κ3) is 3.26. The number of hydrazone groups is 1. The van der Waals surface area contributed by atoms with Crippen LogP contribution in [-0.2, 0) is 10.9 Å². The summed E-state index contributed by atoms with van der Waals surface area (Å²) in [6.45, 7) is 1.94. The van der Waals surface area contributed by atoms with Crippen LogP contribution >= 0.6 is 0 Å². The van der Waals surface area contributed by atoms with Crippen molar-refractivity contribution >= 4 is 5.71 Å². The van der Waals surface area contributed by atoms with Gasteiger partial charge in [-0.25, -0.2) is 4.39 Å². The number of hydrogen-bond donors (Lipinski definition) is 1. The average molecular weight is 338 g/mol. The van der Waals surface area contributed by atoms with Crippen molar-refractivity contribution in [3.05, 3.63) is 59.4 Å². The maximum Gasteiger partial charge on any atom is 0.417 e. The van der Waals surface area contributed by atoms with Crippen LogP contribution < -0.4 is 5.43 Å². The number of nitrogens with one attached hydrogen (secondary N) is 1. The Labute approximate surface area is 135 Å². The van der Waals surface area contributed by atoms with Gasteiger partial charge in [0.25, 0.3) is 0 Å². The average Bonchev–Trinajstić information content (AvgIpc) is 2.55. The molecule has 2 aromatic carbocycles. The highest BCUT2D eigenvalue weighted by Crippen LogP contribution is 2.38. The van der Waals surface area contributed by atoms with E-state index in [9.17, 15) is 17.6 Å². The first-order valence-electron chi connectivity index (χ1n) is 7.26. The number of ether oxygens (including phenoxy) is 1. The molecular formula is C17H14F4N2O. The minimum atomic E-state index is -4.55. The maximum absolute atomic E-state index is 13.5. The van der Waals surface area contributed by atoms with E-state index >= 15 is 0 Å². The van der Waals surface area contributed by atoms with E-state index in [-0.39, 0.29) is 12.3 Å². The molecule has 2 aromatic rings. The molecule has 0 fully saturated rings. The molecule has 0 amide bonds. The zero-order valence-corrected chi connectivity index (χ0v) is 12.7. The van der Waals surface area contributed by atoms with Gasteiger partial charge in [0, 0.05) is 5.56 Å². The lowest BCUT2D eigenvalue weighted by atomic mass is 9.94. The number of alkyl halides is 3. The lowest BCUT2D eigenvalue weighted by molar-refractivity contribution is -0.137. The fourth-order valence-electron chi connectivity index (χ4n) is 2.57. The van der Waals surface area contributed by atoms with Crippen LogP contribution in [0.2, 0.25) is 0 Å². The van der Waals surface area contributed by atoms with Gasteiger partial charge in [-0.05, 0) is 36.2 Å². The van der Waals surface area contributed by atoms with E-state index in [4.69, 9.17) is 4.74 Å². The number of halogens is 4. The number of nitrogens with zero attached hydrogens (tertiary/aromatic N) is 1. The molecule has 0 aromatic heterocycles. The molecule has 0 bridgehead atoms. The predicted octanol–water partition coefficient (Wildman–Crippen LogP) is 4.18. The van der Waals surface area contributed by atoms with Crippen LogP contribution in [0.3, 0.4) is 0 Å². The molecule has 1 N–H and O–H groups in total. The van der Waals surface area contributed by atoms with Crippen LogP contribution in [0.1, 0.15) is 18.1 Å². The van der Waals surface area contributed by atoms with Crippen LogP contribution in [-0.4, -0.2) is 18.5 Å². The summed E-state index contributed by atoms with van der Waals surface area (Å²) in [6, 6.07) is 8.89. The van der Waals surface area contributed by atoms with Gasteiger partial charge in [0.05, 0.1) is 11.3 Å². The largest absolute Gasteiger partial charge is 0.417 e. The van der Waals surface area contributed by atoms with Crippen molar-refractivity contribution in [2.75, 3.05) is 6.73 Å². The molecule has 1 heterocycles. The van der Waals surface area contributed by atoms with E-state index in [1.807, 2.05) is 0 Å². The van der Waals surface area contributed by atoms with Gasteiger partial charge in [-0.15, -0.1) is 0 Å². The quantitative estimate of drug-likeness (QED) is 0.834. The summed E-state index contributed by atoms with van der Waals surface area (Å²) < 4.78 is 58.9. The number of benzene rings is 2. The van der Waals surface area contributed by atoms with Crippen LogP contribution in [0.5, 0.6) is 0 Å². The van der Waals surface area contributed by atoms with Crippen LogP contribution in [0.4, 0.5) is 17.6 Å². The summed E-state index contributed by atoms with van der Waals surface area (Å²) in [5.74, 6) is -0.502. The zero-order chi connectivity index (χ0) is 17.3. The molecule has 0 unspecified atom stereocenters. The van der Waals surface area contributed by atoms with Crippen molar-refractivity contribution < 1.29 is 22.3 Å². The van der Waals surface area contributed by atoms with E-state index in [0.29, 0.717) is 16.8 Å². The van der Waals surface area contributed by atoms with Crippen molar-refractivity contribution in [2.24, 2.45) is 5.10 Å². The summed E-state index contributed by atoms with van der Waals surface area (Å²) in [6.07, 6.45) is -4.96. The topological polar surface area (TPSA) is 33.6 Å². The first kappa shape index (κ1) is 16.4. The van der Waals surface area contributed by atoms with Gasteiger partial charge in [0.15, 0.2) is 0 Å². The SMILES string of the molecule is C[C@@H]1OCNN=C1c1ccc(-c2ccc(F)cc2)c(C(F)(F)F)c1. The van der Waals surface area contributed by atoms with Crippen molar-refractivity contribution in [1.29, 1.82) is 0 Å². The summed E-state index contributed by atoms with van der Waals surface area (Å²) in [5.41, 5.74) is 2.83. The van der Waals surface area contributed by atoms with Gasteiger partial charge in [-0.3, -0.25) is 5.43 Å². The number of hydrogen-bond acceptors (Lipinski definition) is 3. The maximum atomic E-state index is 13.5. The summed E-state index contributed by atoms with van der Waals surface area (Å²) in [4.78, 5) is 0. The lowest BCUT2D eigenvalue weighted by Gasteiger charge is -2.22. The van der Waals surface area contributed by atoms with Gasteiger partial charge in [0.1, 0.15) is 18.7 Å². The Morgan fingerprint density at radius 1 is 1.08 bits per heavy atom. The second-order valence-corrected chi connectivity index (χ2v) is 5.37. The fourth-order valence-corrected chi connectivity index (χ4v) is 2.57. The van der Waals surface area contributed by atoms with E-state index in [1.54, 1.807) is 13.0 Å². The highest BCUT2D eigenvalue weighted by molar-refractivity contribution is 6.04. The first-order chi connectivity index (χ1) is 11.4. The summed E-state index contributed by atoms with van der Waals surface area (Å²) in [7, 11) is 0. The van der Waals surface area contributed by atoms with E-state index < -0.39 is 23.7 Å². The van der Waals surface area contributed by atoms with Crippen molar-refractivity contribution in [3.63, 3.8) is 0 Å². The minimum Gasteiger partial charge on any atom is -0.351 e. The second-order valence-electron chi connectivity index (χ2n) is 5.37. The smallest absolute Gasteiger partial charge is 0.351 e. The van der Waals surface area contributed by atoms with Gasteiger partial charge in [0.2, 0.25) is 0 Å². The van der Waals surface area contributed by atoms with Crippen LogP contribution in [0.25, 0.3) is 11.1 Å². The Hall–Kier alpha value is -2.41. The van der Waals surface area contributed by atoms with Gasteiger partial charge in [-0.1, -0.05) is 24.3 Å². The molecule has 1 aliphatic rings. The molecular weight excluding hydrogens is 324 g/mol. The zero-order valence-electron chi connectivity index (χ0n) is 12.7. The van der Waals surface area contributed by atoms with E-state index in [1.165, 1.54) is 18.2 Å². The van der Waals surface area contributed by atoms with Gasteiger partial charge < -0.3 is 4.74 Å². The lowest BCUT2D eigenvalue weighted by Crippen LogP contribution is -2.33. The standard InChI is InChI=1S/C17H14F4N2O/c1-10-16(23-22-9-24-10)12-4-7-14(15(8-12)17(19,20)21)11-2-5-13(18)6-3-11/h2-8,10,22H,9H2,1H3/t10-/m0/s1. The Bertz CT molecular complexity index is 769. The molecule has 7 heteroatoms. The molecule has 1 atom stereocenters. The predicted molar refractivity (Wildman–Crippen MR) is 81.9 cm³/mol. The molecule has 3 nitrogen and oxygen atoms in total. The molecule has 0 spiro atoms. The Morgan fingerprint density at radius 3 is 2.38 bits per heavy atom. The van der Waals surface area contributed by atoms with Crippen molar-refractivity contribution in [2.45, 2.75) is 19.2 Å². The Morgan fingerprint density at radius 2 is 1.75 bits per heavy atom. The van der Waals surface area contributed by atoms with Gasteiger partial charge in [-0.2, -0.15) is 18.3 Å². The van der Waals surface area contributed by atoms with Crippen molar-refractivity contribution in [3.8, 4) is 11.1 Å². The Balaban J connectivity index is 2.11. The molecule has 0 radical (unpaired) electrons. The molecule has 1 aliphatic heterocycles. The number of rotatable bonds is 2. The summed E-state index contributed by atoms with van der Waals surface area (Å²) in [5, 5.41) is 4.04. The third-order valence-corrected chi connectivity index (χ3v) is 3.76. The fraction of sp³-hybridized carbons (Fsp3) is 0.235. The van der Waals surface area contributed by atoms with Crippen molar-refractivity contribution in [1.82, 2.24) is 5.43 Å². The molecule has 3 rings (SSSR count). The molecule has 0 saturated carbocycles. The Kier molecular flexibility index (Phi) is 4.28. The van der Waals surface area contributed by atoms with E-state index in [2.05, 4.69) is 10.5 Å². The minimum absolute atomic E-state index is 0.0100. The second kappa shape index (κ2) is 6.24. The summed E-state index contributed by atoms with van der Waals surface area (Å²) >= 11 is 0. The van der Waals surface area contributed by atoms with Gasteiger partial charge >= 0.3 is 6.18 Å². The van der Waals surface area contributed by atoms with E-state index in [0.717, 1.165) is 18.2 Å².